The van der Waals surface area contributed by atoms with Gasteiger partial charge in [0.1, 0.15) is 35.8 Å². The molecule has 1 N–H and O–H groups in total. The van der Waals surface area contributed by atoms with Gasteiger partial charge in [-0.2, -0.15) is 0 Å². The van der Waals surface area contributed by atoms with E-state index in [1.807, 2.05) is 0 Å². The Morgan fingerprint density at radius 1 is 1.17 bits per heavy atom. The van der Waals surface area contributed by atoms with Gasteiger partial charge in [0, 0.05) is 24.5 Å². The maximum absolute atomic E-state index is 12.5. The largest absolute Gasteiger partial charge is 0.497 e. The van der Waals surface area contributed by atoms with Gasteiger partial charge < -0.3 is 14.8 Å². The van der Waals surface area contributed by atoms with E-state index in [2.05, 4.69) is 20.3 Å². The zero-order valence-corrected chi connectivity index (χ0v) is 13.1. The number of hydrogen-bond acceptors (Lipinski definition) is 6. The highest BCUT2D eigenvalue weighted by atomic mass is 16.5. The van der Waals surface area contributed by atoms with Crippen LogP contribution in [0.4, 0.5) is 5.82 Å². The predicted octanol–water partition coefficient (Wildman–Crippen LogP) is 1.93. The van der Waals surface area contributed by atoms with Crippen LogP contribution >= 0.6 is 0 Å². The molecule has 0 aliphatic rings. The average Bonchev–Trinajstić information content (AvgIpc) is 3.16. The minimum Gasteiger partial charge on any atom is -0.497 e. The lowest BCUT2D eigenvalue weighted by atomic mass is 10.1. The highest BCUT2D eigenvalue weighted by molar-refractivity contribution is 6.05. The number of carbonyl (C=O) groups is 1. The van der Waals surface area contributed by atoms with Gasteiger partial charge in [0.15, 0.2) is 0 Å². The summed E-state index contributed by atoms with van der Waals surface area (Å²) in [6.07, 6.45) is 6.37. The number of nitrogens with zero attached hydrogens (tertiary/aromatic N) is 4. The van der Waals surface area contributed by atoms with Gasteiger partial charge >= 0.3 is 0 Å². The fourth-order valence-corrected chi connectivity index (χ4v) is 2.12. The third-order valence-electron chi connectivity index (χ3n) is 3.32. The lowest BCUT2D eigenvalue weighted by Gasteiger charge is -2.11. The third kappa shape index (κ3) is 3.17. The Balaban J connectivity index is 1.84. The van der Waals surface area contributed by atoms with Gasteiger partial charge in [-0.05, 0) is 12.1 Å². The second-order valence-corrected chi connectivity index (χ2v) is 4.75. The van der Waals surface area contributed by atoms with Gasteiger partial charge in [-0.3, -0.25) is 9.36 Å². The SMILES string of the molecule is COc1ccc(C(=O)Nc2cc(-n3ccnc3)ncn2)c(OC)c1. The first-order chi connectivity index (χ1) is 11.7. The number of nitrogens with one attached hydrogen (secondary N) is 1. The molecule has 3 rings (SSSR count). The number of ether oxygens (including phenoxy) is 2. The van der Waals surface area contributed by atoms with Crippen molar-refractivity contribution < 1.29 is 14.3 Å². The van der Waals surface area contributed by atoms with Crippen molar-refractivity contribution in [1.82, 2.24) is 19.5 Å². The Hall–Kier alpha value is -3.42. The molecule has 0 atom stereocenters. The topological polar surface area (TPSA) is 91.2 Å². The van der Waals surface area contributed by atoms with Crippen molar-refractivity contribution in [2.45, 2.75) is 0 Å². The molecule has 1 aromatic carbocycles. The summed E-state index contributed by atoms with van der Waals surface area (Å²) in [6, 6.07) is 6.61. The number of imidazole rings is 1. The van der Waals surface area contributed by atoms with E-state index in [0.717, 1.165) is 0 Å². The molecule has 0 radical (unpaired) electrons. The van der Waals surface area contributed by atoms with Crippen LogP contribution in [-0.2, 0) is 0 Å². The summed E-state index contributed by atoms with van der Waals surface area (Å²) in [4.78, 5) is 24.6. The minimum atomic E-state index is -0.343. The van der Waals surface area contributed by atoms with E-state index in [4.69, 9.17) is 9.47 Å². The van der Waals surface area contributed by atoms with Crippen molar-refractivity contribution in [2.75, 3.05) is 19.5 Å². The van der Waals surface area contributed by atoms with Crippen LogP contribution in [0, 0.1) is 0 Å². The summed E-state index contributed by atoms with van der Waals surface area (Å²) in [5.41, 5.74) is 0.376. The molecule has 0 saturated heterocycles. The number of methoxy groups -OCH3 is 2. The smallest absolute Gasteiger partial charge is 0.260 e. The fourth-order valence-electron chi connectivity index (χ4n) is 2.12. The Kier molecular flexibility index (Phi) is 4.37. The highest BCUT2D eigenvalue weighted by Gasteiger charge is 2.14. The first-order valence-electron chi connectivity index (χ1n) is 7.05. The van der Waals surface area contributed by atoms with Crippen LogP contribution in [0.1, 0.15) is 10.4 Å². The molecular formula is C16H15N5O3. The molecule has 8 heteroatoms. The van der Waals surface area contributed by atoms with E-state index in [9.17, 15) is 4.79 Å². The second kappa shape index (κ2) is 6.78. The monoisotopic (exact) mass is 325 g/mol. The zero-order valence-electron chi connectivity index (χ0n) is 13.1. The van der Waals surface area contributed by atoms with Crippen molar-refractivity contribution in [3.05, 3.63) is 54.9 Å². The predicted molar refractivity (Wildman–Crippen MR) is 86.7 cm³/mol. The second-order valence-electron chi connectivity index (χ2n) is 4.75. The lowest BCUT2D eigenvalue weighted by molar-refractivity contribution is 0.102. The third-order valence-corrected chi connectivity index (χ3v) is 3.32. The quantitative estimate of drug-likeness (QED) is 0.771. The summed E-state index contributed by atoms with van der Waals surface area (Å²) in [7, 11) is 3.04. The molecule has 0 fully saturated rings. The number of amides is 1. The Morgan fingerprint density at radius 3 is 2.75 bits per heavy atom. The molecule has 0 bridgehead atoms. The molecular weight excluding hydrogens is 310 g/mol. The van der Waals surface area contributed by atoms with Crippen LogP contribution in [0.5, 0.6) is 11.5 Å². The molecule has 24 heavy (non-hydrogen) atoms. The maximum atomic E-state index is 12.5. The van der Waals surface area contributed by atoms with Crippen LogP contribution in [0.2, 0.25) is 0 Å². The van der Waals surface area contributed by atoms with E-state index < -0.39 is 0 Å². The molecule has 2 aromatic heterocycles. The summed E-state index contributed by atoms with van der Waals surface area (Å²) in [5.74, 6) is 1.64. The molecule has 0 unspecified atom stereocenters. The van der Waals surface area contributed by atoms with Crippen molar-refractivity contribution in [2.24, 2.45) is 0 Å². The molecule has 0 aliphatic carbocycles. The van der Waals surface area contributed by atoms with Gasteiger partial charge in [-0.15, -0.1) is 0 Å². The first kappa shape index (κ1) is 15.5. The van der Waals surface area contributed by atoms with Crippen molar-refractivity contribution in [3.8, 4) is 17.3 Å². The normalized spacial score (nSPS) is 10.2. The standard InChI is InChI=1S/C16H15N5O3/c1-23-11-3-4-12(13(7-11)24-2)16(22)20-14-8-15(19-9-18-14)21-6-5-17-10-21/h3-10H,1-2H3,(H,18,19,20,22). The lowest BCUT2D eigenvalue weighted by Crippen LogP contribution is -2.14. The minimum absolute atomic E-state index is 0.343. The maximum Gasteiger partial charge on any atom is 0.260 e. The van der Waals surface area contributed by atoms with Crippen molar-refractivity contribution >= 4 is 11.7 Å². The zero-order chi connectivity index (χ0) is 16.9. The van der Waals surface area contributed by atoms with E-state index >= 15 is 0 Å². The Morgan fingerprint density at radius 2 is 2.04 bits per heavy atom. The summed E-state index contributed by atoms with van der Waals surface area (Å²) >= 11 is 0. The fraction of sp³-hybridized carbons (Fsp3) is 0.125. The number of anilines is 1. The first-order valence-corrected chi connectivity index (χ1v) is 7.05. The van der Waals surface area contributed by atoms with Gasteiger partial charge in [0.25, 0.3) is 5.91 Å². The van der Waals surface area contributed by atoms with Crippen LogP contribution in [-0.4, -0.2) is 39.6 Å². The average molecular weight is 325 g/mol. The van der Waals surface area contributed by atoms with Crippen molar-refractivity contribution in [1.29, 1.82) is 0 Å². The molecule has 0 saturated carbocycles. The van der Waals surface area contributed by atoms with Crippen LogP contribution in [0.15, 0.2) is 49.3 Å². The molecule has 1 amide bonds. The Labute approximate surface area is 138 Å². The molecule has 122 valence electrons. The van der Waals surface area contributed by atoms with Crippen molar-refractivity contribution in [3.63, 3.8) is 0 Å². The molecule has 0 aliphatic heterocycles. The highest BCUT2D eigenvalue weighted by Crippen LogP contribution is 2.25. The molecule has 8 nitrogen and oxygen atoms in total. The summed E-state index contributed by atoms with van der Waals surface area (Å²) in [5, 5.41) is 2.73. The summed E-state index contributed by atoms with van der Waals surface area (Å²) < 4.78 is 12.1. The van der Waals surface area contributed by atoms with Gasteiger partial charge in [0.2, 0.25) is 0 Å². The number of aromatic nitrogens is 4. The van der Waals surface area contributed by atoms with E-state index in [0.29, 0.717) is 28.7 Å². The van der Waals surface area contributed by atoms with E-state index in [1.165, 1.54) is 13.4 Å². The van der Waals surface area contributed by atoms with Gasteiger partial charge in [0.05, 0.1) is 19.8 Å². The van der Waals surface area contributed by atoms with E-state index in [1.54, 1.807) is 54.7 Å². The number of benzene rings is 1. The van der Waals surface area contributed by atoms with Crippen LogP contribution < -0.4 is 14.8 Å². The Bertz CT molecular complexity index is 849. The van der Waals surface area contributed by atoms with Gasteiger partial charge in [-0.1, -0.05) is 0 Å². The molecule has 2 heterocycles. The van der Waals surface area contributed by atoms with Crippen LogP contribution in [0.3, 0.4) is 0 Å². The number of hydrogen-bond donors (Lipinski definition) is 1. The molecule has 0 spiro atoms. The number of carbonyl (C=O) groups excluding carboxylic acids is 1. The number of rotatable bonds is 5. The van der Waals surface area contributed by atoms with E-state index in [-0.39, 0.29) is 5.91 Å². The molecule has 3 aromatic rings. The summed E-state index contributed by atoms with van der Waals surface area (Å²) in [6.45, 7) is 0. The van der Waals surface area contributed by atoms with Gasteiger partial charge in [-0.25, -0.2) is 15.0 Å². The van der Waals surface area contributed by atoms with Crippen LogP contribution in [0.25, 0.3) is 5.82 Å².